The van der Waals surface area contributed by atoms with Crippen LogP contribution in [0.2, 0.25) is 0 Å². The molecule has 76 valence electrons. The molecule has 0 bridgehead atoms. The minimum atomic E-state index is -0.341. The number of carbonyl (C=O) groups excluding carboxylic acids is 1. The van der Waals surface area contributed by atoms with Gasteiger partial charge in [-0.3, -0.25) is 4.79 Å². The summed E-state index contributed by atoms with van der Waals surface area (Å²) in [6, 6.07) is -0.0216. The van der Waals surface area contributed by atoms with E-state index in [2.05, 4.69) is 0 Å². The van der Waals surface area contributed by atoms with Crippen LogP contribution in [0.1, 0.15) is 34.1 Å². The van der Waals surface area contributed by atoms with Crippen molar-refractivity contribution in [1.82, 2.24) is 4.90 Å². The zero-order chi connectivity index (χ0) is 10.2. The van der Waals surface area contributed by atoms with Gasteiger partial charge in [0.1, 0.15) is 0 Å². The molecule has 1 saturated heterocycles. The van der Waals surface area contributed by atoms with E-state index >= 15 is 0 Å². The maximum atomic E-state index is 11.8. The molecule has 3 nitrogen and oxygen atoms in total. The molecule has 3 heteroatoms. The van der Waals surface area contributed by atoms with Crippen molar-refractivity contribution in [2.24, 2.45) is 5.41 Å². The van der Waals surface area contributed by atoms with Crippen LogP contribution >= 0.6 is 0 Å². The first-order chi connectivity index (χ1) is 5.84. The molecule has 1 rings (SSSR count). The van der Waals surface area contributed by atoms with Gasteiger partial charge in [0.05, 0.1) is 12.1 Å². The van der Waals surface area contributed by atoms with Crippen LogP contribution in [0.5, 0.6) is 0 Å². The van der Waals surface area contributed by atoms with Crippen molar-refractivity contribution in [2.75, 3.05) is 6.54 Å². The van der Waals surface area contributed by atoms with Crippen LogP contribution in [0.15, 0.2) is 0 Å². The maximum absolute atomic E-state index is 11.8. The van der Waals surface area contributed by atoms with Crippen molar-refractivity contribution in [3.63, 3.8) is 0 Å². The Morgan fingerprint density at radius 1 is 1.46 bits per heavy atom. The monoisotopic (exact) mass is 185 g/mol. The maximum Gasteiger partial charge on any atom is 0.228 e. The summed E-state index contributed by atoms with van der Waals surface area (Å²) in [5.41, 5.74) is -0.335. The Balaban J connectivity index is 2.69. The zero-order valence-electron chi connectivity index (χ0n) is 8.87. The summed E-state index contributed by atoms with van der Waals surface area (Å²) in [5.74, 6) is 0.136. The van der Waals surface area contributed by atoms with Crippen LogP contribution in [-0.2, 0) is 4.79 Å². The second-order valence-electron chi connectivity index (χ2n) is 4.85. The molecule has 2 atom stereocenters. The van der Waals surface area contributed by atoms with E-state index < -0.39 is 0 Å². The van der Waals surface area contributed by atoms with E-state index in [0.29, 0.717) is 13.0 Å². The minimum absolute atomic E-state index is 0.0216. The Kier molecular flexibility index (Phi) is 2.66. The van der Waals surface area contributed by atoms with Crippen LogP contribution in [0, 0.1) is 5.41 Å². The lowest BCUT2D eigenvalue weighted by atomic mass is 9.94. The largest absolute Gasteiger partial charge is 0.391 e. The molecule has 1 amide bonds. The molecule has 13 heavy (non-hydrogen) atoms. The fraction of sp³-hybridized carbons (Fsp3) is 0.900. The van der Waals surface area contributed by atoms with E-state index in [1.807, 2.05) is 27.7 Å². The van der Waals surface area contributed by atoms with Crippen LogP contribution in [-0.4, -0.2) is 34.6 Å². The molecule has 0 aliphatic carbocycles. The van der Waals surface area contributed by atoms with Crippen LogP contribution < -0.4 is 0 Å². The summed E-state index contributed by atoms with van der Waals surface area (Å²) in [7, 11) is 0. The number of hydrogen-bond donors (Lipinski definition) is 1. The predicted octanol–water partition coefficient (Wildman–Crippen LogP) is 1.01. The summed E-state index contributed by atoms with van der Waals surface area (Å²) in [4.78, 5) is 13.6. The normalized spacial score (nSPS) is 29.5. The van der Waals surface area contributed by atoms with E-state index in [9.17, 15) is 9.90 Å². The van der Waals surface area contributed by atoms with Crippen LogP contribution in [0.4, 0.5) is 0 Å². The highest BCUT2D eigenvalue weighted by atomic mass is 16.3. The Morgan fingerprint density at radius 3 is 2.31 bits per heavy atom. The molecule has 0 aromatic carbocycles. The van der Waals surface area contributed by atoms with E-state index in [1.54, 1.807) is 4.90 Å². The first-order valence-electron chi connectivity index (χ1n) is 4.83. The molecule has 1 N–H and O–H groups in total. The van der Waals surface area contributed by atoms with Crippen molar-refractivity contribution >= 4 is 5.91 Å². The topological polar surface area (TPSA) is 40.5 Å². The number of rotatable bonds is 0. The first-order valence-corrected chi connectivity index (χ1v) is 4.83. The first kappa shape index (κ1) is 10.5. The Hall–Kier alpha value is -0.570. The molecule has 0 aromatic rings. The number of hydrogen-bond acceptors (Lipinski definition) is 2. The number of aliphatic hydroxyl groups is 1. The molecule has 0 aromatic heterocycles. The molecule has 1 heterocycles. The minimum Gasteiger partial charge on any atom is -0.391 e. The third-order valence-electron chi connectivity index (χ3n) is 2.62. The molecular formula is C10H19NO2. The second-order valence-corrected chi connectivity index (χ2v) is 4.85. The standard InChI is InChI=1S/C10H19NO2/c1-7-8(12)5-6-11(7)9(13)10(2,3)4/h7-8,12H,5-6H2,1-4H3/t7-,8-/m0/s1. The quantitative estimate of drug-likeness (QED) is 0.612. The van der Waals surface area contributed by atoms with Gasteiger partial charge >= 0.3 is 0 Å². The zero-order valence-corrected chi connectivity index (χ0v) is 8.87. The predicted molar refractivity (Wildman–Crippen MR) is 51.3 cm³/mol. The molecule has 1 aliphatic heterocycles. The van der Waals surface area contributed by atoms with Gasteiger partial charge in [0, 0.05) is 12.0 Å². The highest BCUT2D eigenvalue weighted by Crippen LogP contribution is 2.25. The third-order valence-corrected chi connectivity index (χ3v) is 2.62. The van der Waals surface area contributed by atoms with Gasteiger partial charge in [-0.1, -0.05) is 20.8 Å². The van der Waals surface area contributed by atoms with Gasteiger partial charge in [0.25, 0.3) is 0 Å². The van der Waals surface area contributed by atoms with Gasteiger partial charge in [0.2, 0.25) is 5.91 Å². The van der Waals surface area contributed by atoms with Crippen molar-refractivity contribution in [3.05, 3.63) is 0 Å². The van der Waals surface area contributed by atoms with Crippen molar-refractivity contribution < 1.29 is 9.90 Å². The van der Waals surface area contributed by atoms with Gasteiger partial charge in [-0.15, -0.1) is 0 Å². The van der Waals surface area contributed by atoms with E-state index in [0.717, 1.165) is 0 Å². The molecular weight excluding hydrogens is 166 g/mol. The van der Waals surface area contributed by atoms with Crippen molar-refractivity contribution in [1.29, 1.82) is 0 Å². The third kappa shape index (κ3) is 2.02. The van der Waals surface area contributed by atoms with Gasteiger partial charge in [-0.05, 0) is 13.3 Å². The van der Waals surface area contributed by atoms with Crippen LogP contribution in [0.25, 0.3) is 0 Å². The average Bonchev–Trinajstić information content (AvgIpc) is 2.30. The summed E-state index contributed by atoms with van der Waals surface area (Å²) in [6.07, 6.45) is 0.370. The number of carbonyl (C=O) groups is 1. The summed E-state index contributed by atoms with van der Waals surface area (Å²) >= 11 is 0. The lowest BCUT2D eigenvalue weighted by Gasteiger charge is -2.29. The highest BCUT2D eigenvalue weighted by molar-refractivity contribution is 5.82. The number of amides is 1. The smallest absolute Gasteiger partial charge is 0.228 e. The van der Waals surface area contributed by atoms with Crippen molar-refractivity contribution in [2.45, 2.75) is 46.3 Å². The average molecular weight is 185 g/mol. The van der Waals surface area contributed by atoms with Gasteiger partial charge < -0.3 is 10.0 Å². The molecule has 1 fully saturated rings. The van der Waals surface area contributed by atoms with E-state index in [1.165, 1.54) is 0 Å². The fourth-order valence-corrected chi connectivity index (χ4v) is 1.64. The van der Waals surface area contributed by atoms with Gasteiger partial charge in [0.15, 0.2) is 0 Å². The lowest BCUT2D eigenvalue weighted by Crippen LogP contribution is -2.43. The number of nitrogens with zero attached hydrogens (tertiary/aromatic N) is 1. The fourth-order valence-electron chi connectivity index (χ4n) is 1.64. The van der Waals surface area contributed by atoms with Crippen LogP contribution in [0.3, 0.4) is 0 Å². The Bertz CT molecular complexity index is 207. The SMILES string of the molecule is C[C@H]1[C@@H](O)CCN1C(=O)C(C)(C)C. The lowest BCUT2D eigenvalue weighted by molar-refractivity contribution is -0.140. The molecule has 0 saturated carbocycles. The molecule has 0 unspecified atom stereocenters. The molecule has 0 spiro atoms. The molecule has 0 radical (unpaired) electrons. The Labute approximate surface area is 79.7 Å². The summed E-state index contributed by atoms with van der Waals surface area (Å²) in [5, 5.41) is 9.49. The van der Waals surface area contributed by atoms with Crippen molar-refractivity contribution in [3.8, 4) is 0 Å². The highest BCUT2D eigenvalue weighted by Gasteiger charge is 2.37. The molecule has 1 aliphatic rings. The Morgan fingerprint density at radius 2 is 2.00 bits per heavy atom. The number of aliphatic hydroxyl groups excluding tert-OH is 1. The summed E-state index contributed by atoms with van der Waals surface area (Å²) in [6.45, 7) is 8.33. The second kappa shape index (κ2) is 3.29. The van der Waals surface area contributed by atoms with Gasteiger partial charge in [-0.2, -0.15) is 0 Å². The number of likely N-dealkylation sites (tertiary alicyclic amines) is 1. The summed E-state index contributed by atoms with van der Waals surface area (Å²) < 4.78 is 0. The van der Waals surface area contributed by atoms with E-state index in [4.69, 9.17) is 0 Å². The van der Waals surface area contributed by atoms with Gasteiger partial charge in [-0.25, -0.2) is 0 Å². The van der Waals surface area contributed by atoms with E-state index in [-0.39, 0.29) is 23.5 Å².